The van der Waals surface area contributed by atoms with Crippen LogP contribution in [0.4, 0.5) is 0 Å². The van der Waals surface area contributed by atoms with Crippen molar-refractivity contribution >= 4 is 41.4 Å². The van der Waals surface area contributed by atoms with E-state index < -0.39 is 83.8 Å². The number of rotatable bonds is 18. The predicted molar refractivity (Wildman–Crippen MR) is 191 cm³/mol. The van der Waals surface area contributed by atoms with E-state index in [1.165, 1.54) is 36.8 Å². The Morgan fingerprint density at radius 3 is 2.16 bits per heavy atom. The molecule has 14 heteroatoms. The Hall–Kier alpha value is -3.81. The van der Waals surface area contributed by atoms with Crippen LogP contribution in [0.15, 0.2) is 12.2 Å². The summed E-state index contributed by atoms with van der Waals surface area (Å²) in [5, 5.41) is 13.3. The standard InChI is InChI=1S/C37H61N5O9/c1-11-12-13-14-15-16-30(45)39(9)28(19-22(2)3)34(47)38-32(25(7)51-26(8)43)36(49)40(10)33(23(4)5)37(50)41-21-27(44)20-29(41)35(48)42-24(6)17-18-31(42)46/h17-18,22-25,27-29,32-33,44H,11-16,19-21H2,1-10H3,(H,38,47)/t24-,25+,27-,28-,29-,32-,33-/m0/s1. The van der Waals surface area contributed by atoms with E-state index in [2.05, 4.69) is 12.2 Å². The third-order valence-electron chi connectivity index (χ3n) is 9.63. The molecule has 2 rings (SSSR count). The van der Waals surface area contributed by atoms with Crippen molar-refractivity contribution in [1.29, 1.82) is 0 Å². The molecule has 7 atom stereocenters. The van der Waals surface area contributed by atoms with E-state index in [9.17, 15) is 38.7 Å². The summed E-state index contributed by atoms with van der Waals surface area (Å²) in [4.78, 5) is 98.6. The fourth-order valence-electron chi connectivity index (χ4n) is 6.85. The second-order valence-electron chi connectivity index (χ2n) is 14.8. The first-order chi connectivity index (χ1) is 23.8. The molecular formula is C37H61N5O9. The minimum atomic E-state index is -1.43. The topological polar surface area (TPSA) is 174 Å². The molecule has 288 valence electrons. The van der Waals surface area contributed by atoms with Crippen LogP contribution in [0.3, 0.4) is 0 Å². The second kappa shape index (κ2) is 19.7. The highest BCUT2D eigenvalue weighted by molar-refractivity contribution is 6.06. The summed E-state index contributed by atoms with van der Waals surface area (Å²) in [5.41, 5.74) is 0. The zero-order valence-electron chi connectivity index (χ0n) is 32.2. The average molecular weight is 720 g/mol. The summed E-state index contributed by atoms with van der Waals surface area (Å²) >= 11 is 0. The lowest BCUT2D eigenvalue weighted by Gasteiger charge is -2.38. The number of ether oxygens (including phenoxy) is 1. The number of hydrogen-bond donors (Lipinski definition) is 2. The van der Waals surface area contributed by atoms with Gasteiger partial charge in [0.25, 0.3) is 11.8 Å². The molecule has 2 aliphatic rings. The largest absolute Gasteiger partial charge is 0.460 e. The molecule has 1 saturated heterocycles. The van der Waals surface area contributed by atoms with Crippen molar-refractivity contribution in [1.82, 2.24) is 24.9 Å². The van der Waals surface area contributed by atoms with Gasteiger partial charge in [-0.05, 0) is 38.5 Å². The van der Waals surface area contributed by atoms with Crippen molar-refractivity contribution < 1.29 is 43.4 Å². The Kier molecular flexibility index (Phi) is 16.7. The number of imide groups is 1. The van der Waals surface area contributed by atoms with E-state index >= 15 is 0 Å². The molecule has 6 amide bonds. The Balaban J connectivity index is 2.38. The van der Waals surface area contributed by atoms with Crippen molar-refractivity contribution in [2.24, 2.45) is 11.8 Å². The van der Waals surface area contributed by atoms with Crippen LogP contribution in [0.2, 0.25) is 0 Å². The van der Waals surface area contributed by atoms with Crippen LogP contribution < -0.4 is 5.32 Å². The van der Waals surface area contributed by atoms with E-state index in [1.807, 2.05) is 13.8 Å². The molecule has 0 aliphatic carbocycles. The Morgan fingerprint density at radius 1 is 1.00 bits per heavy atom. The van der Waals surface area contributed by atoms with Crippen molar-refractivity contribution in [3.05, 3.63) is 12.2 Å². The molecule has 2 N–H and O–H groups in total. The van der Waals surface area contributed by atoms with Gasteiger partial charge in [0.1, 0.15) is 30.3 Å². The number of likely N-dealkylation sites (tertiary alicyclic amines) is 1. The molecule has 0 unspecified atom stereocenters. The Bertz CT molecular complexity index is 1300. The van der Waals surface area contributed by atoms with E-state index in [-0.39, 0.29) is 31.2 Å². The van der Waals surface area contributed by atoms with Gasteiger partial charge in [0.15, 0.2) is 0 Å². The van der Waals surface area contributed by atoms with E-state index in [1.54, 1.807) is 33.9 Å². The third kappa shape index (κ3) is 11.6. The van der Waals surface area contributed by atoms with E-state index in [0.717, 1.165) is 35.5 Å². The number of esters is 1. The molecule has 0 aromatic carbocycles. The first kappa shape index (κ1) is 43.4. The number of amides is 6. The molecule has 14 nitrogen and oxygen atoms in total. The maximum atomic E-state index is 14.3. The van der Waals surface area contributed by atoms with E-state index in [0.29, 0.717) is 12.8 Å². The lowest BCUT2D eigenvalue weighted by Crippen LogP contribution is -2.62. The van der Waals surface area contributed by atoms with Gasteiger partial charge in [0, 0.05) is 46.5 Å². The summed E-state index contributed by atoms with van der Waals surface area (Å²) < 4.78 is 5.38. The van der Waals surface area contributed by atoms with Crippen LogP contribution in [0, 0.1) is 11.8 Å². The van der Waals surface area contributed by atoms with Crippen LogP contribution in [0.5, 0.6) is 0 Å². The van der Waals surface area contributed by atoms with Crippen molar-refractivity contribution in [2.45, 2.75) is 149 Å². The Labute approximate surface area is 303 Å². The molecule has 0 aromatic heterocycles. The molecule has 2 heterocycles. The predicted octanol–water partition coefficient (Wildman–Crippen LogP) is 2.41. The lowest BCUT2D eigenvalue weighted by atomic mass is 9.98. The van der Waals surface area contributed by atoms with Crippen LogP contribution >= 0.6 is 0 Å². The van der Waals surface area contributed by atoms with Crippen LogP contribution in [-0.4, -0.2) is 129 Å². The highest BCUT2D eigenvalue weighted by atomic mass is 16.5. The van der Waals surface area contributed by atoms with Crippen molar-refractivity contribution in [2.75, 3.05) is 20.6 Å². The highest BCUT2D eigenvalue weighted by Gasteiger charge is 2.47. The summed E-state index contributed by atoms with van der Waals surface area (Å²) in [5.74, 6) is -4.43. The third-order valence-corrected chi connectivity index (χ3v) is 9.63. The molecule has 2 aliphatic heterocycles. The SMILES string of the molecule is CCCCCCCC(=O)N(C)[C@@H](CC(C)C)C(=O)N[C@H](C(=O)N(C)[C@H](C(=O)N1C[C@@H](O)C[C@H]1C(=O)N1C(=O)C=C[C@@H]1C)C(C)C)[C@@H](C)OC(C)=O. The molecule has 1 fully saturated rings. The first-order valence-electron chi connectivity index (χ1n) is 18.4. The number of nitrogens with one attached hydrogen (secondary N) is 1. The first-order valence-corrected chi connectivity index (χ1v) is 18.4. The van der Waals surface area contributed by atoms with Gasteiger partial charge in [-0.3, -0.25) is 38.5 Å². The second-order valence-corrected chi connectivity index (χ2v) is 14.8. The molecular weight excluding hydrogens is 658 g/mol. The summed E-state index contributed by atoms with van der Waals surface area (Å²) in [7, 11) is 2.96. The molecule has 0 saturated carbocycles. The molecule has 0 aromatic rings. The number of aliphatic hydroxyl groups excluding tert-OH is 1. The van der Waals surface area contributed by atoms with Gasteiger partial charge in [-0.1, -0.05) is 66.4 Å². The molecule has 0 spiro atoms. The fraction of sp³-hybridized carbons (Fsp3) is 0.757. The maximum absolute atomic E-state index is 14.3. The normalized spacial score (nSPS) is 21.0. The molecule has 0 radical (unpaired) electrons. The number of likely N-dealkylation sites (N-methyl/N-ethyl adjacent to an activating group) is 2. The number of nitrogens with zero attached hydrogens (tertiary/aromatic N) is 4. The fourth-order valence-corrected chi connectivity index (χ4v) is 6.85. The van der Waals surface area contributed by atoms with Crippen LogP contribution in [0.1, 0.15) is 107 Å². The quantitative estimate of drug-likeness (QED) is 0.123. The Morgan fingerprint density at radius 2 is 1.63 bits per heavy atom. The van der Waals surface area contributed by atoms with Gasteiger partial charge in [-0.2, -0.15) is 0 Å². The van der Waals surface area contributed by atoms with Gasteiger partial charge in [0.05, 0.1) is 12.1 Å². The van der Waals surface area contributed by atoms with E-state index in [4.69, 9.17) is 4.74 Å². The van der Waals surface area contributed by atoms with Crippen LogP contribution in [-0.2, 0) is 38.3 Å². The minimum Gasteiger partial charge on any atom is -0.460 e. The lowest BCUT2D eigenvalue weighted by molar-refractivity contribution is -0.157. The van der Waals surface area contributed by atoms with Gasteiger partial charge in [0.2, 0.25) is 23.6 Å². The number of aliphatic hydroxyl groups is 1. The smallest absolute Gasteiger partial charge is 0.302 e. The van der Waals surface area contributed by atoms with Crippen molar-refractivity contribution in [3.63, 3.8) is 0 Å². The summed E-state index contributed by atoms with van der Waals surface area (Å²) in [6.45, 7) is 13.5. The zero-order chi connectivity index (χ0) is 38.7. The minimum absolute atomic E-state index is 0.0207. The van der Waals surface area contributed by atoms with Gasteiger partial charge in [-0.25, -0.2) is 0 Å². The van der Waals surface area contributed by atoms with Crippen molar-refractivity contribution in [3.8, 4) is 0 Å². The van der Waals surface area contributed by atoms with Gasteiger partial charge < -0.3 is 29.9 Å². The number of carbonyl (C=O) groups excluding carboxylic acids is 7. The number of hydrogen-bond acceptors (Lipinski definition) is 9. The monoisotopic (exact) mass is 719 g/mol. The zero-order valence-corrected chi connectivity index (χ0v) is 32.2. The van der Waals surface area contributed by atoms with Gasteiger partial charge in [-0.15, -0.1) is 0 Å². The number of β-amino-alcohol motifs (C(OH)–C–C–N with tert-alkyl or cyclic N) is 1. The highest BCUT2D eigenvalue weighted by Crippen LogP contribution is 2.27. The summed E-state index contributed by atoms with van der Waals surface area (Å²) in [6, 6.07) is -5.14. The summed E-state index contributed by atoms with van der Waals surface area (Å²) in [6.07, 6.45) is 6.01. The maximum Gasteiger partial charge on any atom is 0.302 e. The van der Waals surface area contributed by atoms with Crippen LogP contribution in [0.25, 0.3) is 0 Å². The van der Waals surface area contributed by atoms with Gasteiger partial charge >= 0.3 is 5.97 Å². The number of unbranched alkanes of at least 4 members (excludes halogenated alkanes) is 4. The average Bonchev–Trinajstić information content (AvgIpc) is 3.61. The molecule has 51 heavy (non-hydrogen) atoms. The molecule has 0 bridgehead atoms. The number of carbonyl (C=O) groups is 7.